The van der Waals surface area contributed by atoms with E-state index in [1.807, 2.05) is 6.92 Å². The Hall–Kier alpha value is -1.32. The van der Waals surface area contributed by atoms with Gasteiger partial charge in [0.05, 0.1) is 0 Å². The van der Waals surface area contributed by atoms with Crippen LogP contribution in [-0.2, 0) is 9.59 Å². The second kappa shape index (κ2) is 5.35. The van der Waals surface area contributed by atoms with Gasteiger partial charge in [-0.1, -0.05) is 13.5 Å². The Kier molecular flexibility index (Phi) is 4.80. The summed E-state index contributed by atoms with van der Waals surface area (Å²) in [7, 11) is 0. The van der Waals surface area contributed by atoms with Crippen LogP contribution in [-0.4, -0.2) is 34.5 Å². The normalized spacial score (nSPS) is 11.8. The molecule has 4 nitrogen and oxygen atoms in total. The molecule has 0 aromatic carbocycles. The van der Waals surface area contributed by atoms with Crippen molar-refractivity contribution in [3.05, 3.63) is 12.7 Å². The third-order valence-corrected chi connectivity index (χ3v) is 1.75. The third-order valence-electron chi connectivity index (χ3n) is 1.75. The van der Waals surface area contributed by atoms with Gasteiger partial charge in [-0.15, -0.1) is 0 Å². The molecule has 0 radical (unpaired) electrons. The van der Waals surface area contributed by atoms with Gasteiger partial charge in [-0.2, -0.15) is 0 Å². The zero-order chi connectivity index (χ0) is 10.4. The number of amides is 1. The van der Waals surface area contributed by atoms with Crippen molar-refractivity contribution in [1.82, 2.24) is 4.90 Å². The van der Waals surface area contributed by atoms with Crippen LogP contribution in [0.4, 0.5) is 0 Å². The Labute approximate surface area is 77.8 Å². The Morgan fingerprint density at radius 1 is 1.62 bits per heavy atom. The van der Waals surface area contributed by atoms with Gasteiger partial charge in [-0.05, 0) is 19.4 Å². The van der Waals surface area contributed by atoms with E-state index in [1.165, 1.54) is 11.8 Å². The minimum Gasteiger partial charge on any atom is -0.480 e. The average Bonchev–Trinajstić information content (AvgIpc) is 2.11. The first kappa shape index (κ1) is 11.7. The predicted molar refractivity (Wildman–Crippen MR) is 49.3 cm³/mol. The van der Waals surface area contributed by atoms with Crippen molar-refractivity contribution in [3.8, 4) is 0 Å². The molecule has 0 aliphatic rings. The van der Waals surface area contributed by atoms with Crippen molar-refractivity contribution in [2.24, 2.45) is 0 Å². The number of rotatable bonds is 5. The summed E-state index contributed by atoms with van der Waals surface area (Å²) >= 11 is 0. The molecule has 0 spiro atoms. The van der Waals surface area contributed by atoms with Crippen molar-refractivity contribution in [2.45, 2.75) is 26.3 Å². The molecule has 0 aliphatic carbocycles. The average molecular weight is 185 g/mol. The van der Waals surface area contributed by atoms with E-state index in [0.29, 0.717) is 6.54 Å². The molecule has 0 aromatic rings. The van der Waals surface area contributed by atoms with Crippen LogP contribution >= 0.6 is 0 Å². The molecule has 0 aromatic heterocycles. The van der Waals surface area contributed by atoms with Crippen LogP contribution in [0.1, 0.15) is 20.3 Å². The second-order valence-corrected chi connectivity index (χ2v) is 2.75. The van der Waals surface area contributed by atoms with Crippen LogP contribution in [0.5, 0.6) is 0 Å². The molecule has 0 heterocycles. The van der Waals surface area contributed by atoms with Crippen molar-refractivity contribution >= 4 is 11.9 Å². The zero-order valence-corrected chi connectivity index (χ0v) is 7.99. The fourth-order valence-electron chi connectivity index (χ4n) is 0.986. The highest BCUT2D eigenvalue weighted by Crippen LogP contribution is 2.02. The van der Waals surface area contributed by atoms with Gasteiger partial charge in [0, 0.05) is 6.54 Å². The number of aliphatic carboxylic acids is 1. The van der Waals surface area contributed by atoms with E-state index in [0.717, 1.165) is 12.5 Å². The van der Waals surface area contributed by atoms with Crippen LogP contribution in [0.25, 0.3) is 0 Å². The number of hydrogen-bond donors (Lipinski definition) is 1. The topological polar surface area (TPSA) is 57.6 Å². The lowest BCUT2D eigenvalue weighted by molar-refractivity contribution is -0.147. The lowest BCUT2D eigenvalue weighted by Crippen LogP contribution is -2.42. The fourth-order valence-corrected chi connectivity index (χ4v) is 0.986. The second-order valence-electron chi connectivity index (χ2n) is 2.75. The number of carbonyl (C=O) groups is 2. The van der Waals surface area contributed by atoms with E-state index in [9.17, 15) is 9.59 Å². The fraction of sp³-hybridized carbons (Fsp3) is 0.556. The number of carboxylic acid groups (broad SMARTS) is 1. The van der Waals surface area contributed by atoms with Crippen molar-refractivity contribution < 1.29 is 14.7 Å². The molecule has 13 heavy (non-hydrogen) atoms. The van der Waals surface area contributed by atoms with E-state index in [4.69, 9.17) is 5.11 Å². The lowest BCUT2D eigenvalue weighted by atomic mass is 10.2. The summed E-state index contributed by atoms with van der Waals surface area (Å²) < 4.78 is 0. The SMILES string of the molecule is C=CC(=O)N(CCC)[C@H](C)C(=O)O. The van der Waals surface area contributed by atoms with Gasteiger partial charge in [0.25, 0.3) is 0 Å². The number of carboxylic acids is 1. The molecule has 1 N–H and O–H groups in total. The standard InChI is InChI=1S/C9H15NO3/c1-4-6-10(8(11)5-2)7(3)9(12)13/h5,7H,2,4,6H2,1,3H3,(H,12,13)/t7-/m1/s1. The summed E-state index contributed by atoms with van der Waals surface area (Å²) in [6.45, 7) is 7.14. The molecule has 0 fully saturated rings. The van der Waals surface area contributed by atoms with Crippen LogP contribution in [0.15, 0.2) is 12.7 Å². The molecule has 74 valence electrons. The molecule has 1 atom stereocenters. The van der Waals surface area contributed by atoms with E-state index < -0.39 is 12.0 Å². The molecule has 4 heteroatoms. The van der Waals surface area contributed by atoms with Crippen molar-refractivity contribution in [3.63, 3.8) is 0 Å². The highest BCUT2D eigenvalue weighted by Gasteiger charge is 2.22. The number of nitrogens with zero attached hydrogens (tertiary/aromatic N) is 1. The lowest BCUT2D eigenvalue weighted by Gasteiger charge is -2.24. The molecule has 0 saturated heterocycles. The highest BCUT2D eigenvalue weighted by molar-refractivity contribution is 5.90. The molecule has 1 amide bonds. The van der Waals surface area contributed by atoms with E-state index in [2.05, 4.69) is 6.58 Å². The number of carbonyl (C=O) groups excluding carboxylic acids is 1. The number of hydrogen-bond acceptors (Lipinski definition) is 2. The minimum absolute atomic E-state index is 0.336. The molecule has 0 saturated carbocycles. The van der Waals surface area contributed by atoms with Gasteiger partial charge in [0.2, 0.25) is 5.91 Å². The highest BCUT2D eigenvalue weighted by atomic mass is 16.4. The molecular formula is C9H15NO3. The van der Waals surface area contributed by atoms with Gasteiger partial charge >= 0.3 is 5.97 Å². The predicted octanol–water partition coefficient (Wildman–Crippen LogP) is 0.884. The third kappa shape index (κ3) is 3.27. The zero-order valence-electron chi connectivity index (χ0n) is 7.99. The Bertz CT molecular complexity index is 213. The van der Waals surface area contributed by atoms with Gasteiger partial charge < -0.3 is 10.0 Å². The Balaban J connectivity index is 4.48. The van der Waals surface area contributed by atoms with Crippen LogP contribution in [0.3, 0.4) is 0 Å². The molecule has 0 bridgehead atoms. The van der Waals surface area contributed by atoms with Crippen molar-refractivity contribution in [2.75, 3.05) is 6.54 Å². The first-order valence-corrected chi connectivity index (χ1v) is 4.20. The monoisotopic (exact) mass is 185 g/mol. The van der Waals surface area contributed by atoms with Gasteiger partial charge in [0.1, 0.15) is 6.04 Å². The summed E-state index contributed by atoms with van der Waals surface area (Å²) in [6.07, 6.45) is 1.87. The summed E-state index contributed by atoms with van der Waals surface area (Å²) in [6, 6.07) is -0.787. The molecular weight excluding hydrogens is 170 g/mol. The summed E-state index contributed by atoms with van der Waals surface area (Å²) in [4.78, 5) is 23.1. The Morgan fingerprint density at radius 3 is 2.46 bits per heavy atom. The van der Waals surface area contributed by atoms with Crippen LogP contribution in [0.2, 0.25) is 0 Å². The Morgan fingerprint density at radius 2 is 2.15 bits per heavy atom. The summed E-state index contributed by atoms with van der Waals surface area (Å²) in [5, 5.41) is 8.70. The smallest absolute Gasteiger partial charge is 0.326 e. The van der Waals surface area contributed by atoms with Gasteiger partial charge in [-0.3, -0.25) is 4.79 Å². The van der Waals surface area contributed by atoms with Gasteiger partial charge in [-0.25, -0.2) is 4.79 Å². The maximum atomic E-state index is 11.2. The maximum absolute atomic E-state index is 11.2. The van der Waals surface area contributed by atoms with E-state index in [1.54, 1.807) is 0 Å². The molecule has 0 unspecified atom stereocenters. The quantitative estimate of drug-likeness (QED) is 0.647. The van der Waals surface area contributed by atoms with Crippen molar-refractivity contribution in [1.29, 1.82) is 0 Å². The van der Waals surface area contributed by atoms with E-state index >= 15 is 0 Å². The summed E-state index contributed by atoms with van der Waals surface area (Å²) in [5.41, 5.74) is 0. The van der Waals surface area contributed by atoms with Crippen LogP contribution in [0, 0.1) is 0 Å². The largest absolute Gasteiger partial charge is 0.480 e. The molecule has 0 rings (SSSR count). The van der Waals surface area contributed by atoms with Gasteiger partial charge in [0.15, 0.2) is 0 Å². The van der Waals surface area contributed by atoms with E-state index in [-0.39, 0.29) is 5.91 Å². The molecule has 0 aliphatic heterocycles. The van der Waals surface area contributed by atoms with Crippen LogP contribution < -0.4 is 0 Å². The summed E-state index contributed by atoms with van der Waals surface area (Å²) in [5.74, 6) is -1.33. The first-order valence-electron chi connectivity index (χ1n) is 4.20. The minimum atomic E-state index is -0.997. The first-order chi connectivity index (χ1) is 6.04. The maximum Gasteiger partial charge on any atom is 0.326 e.